The minimum atomic E-state index is -1.22. The first-order valence-corrected chi connectivity index (χ1v) is 44.7. The molecule has 0 aliphatic carbocycles. The second-order valence-corrected chi connectivity index (χ2v) is 32.3. The fraction of sp³-hybridized carbons (Fsp3) is 0.448. The Kier molecular flexibility index (Phi) is 54.1. The molecule has 0 saturated heterocycles. The van der Waals surface area contributed by atoms with Gasteiger partial charge in [-0.2, -0.15) is 21.9 Å². The van der Waals surface area contributed by atoms with Crippen LogP contribution in [0.1, 0.15) is 194 Å². The van der Waals surface area contributed by atoms with Gasteiger partial charge in [0.2, 0.25) is 0 Å². The van der Waals surface area contributed by atoms with E-state index in [0.29, 0.717) is 45.5 Å². The molecule has 0 heterocycles. The van der Waals surface area contributed by atoms with Gasteiger partial charge in [0.25, 0.3) is 0 Å². The highest BCUT2D eigenvalue weighted by molar-refractivity contribution is 7.19. The molecule has 0 aromatic heterocycles. The summed E-state index contributed by atoms with van der Waals surface area (Å²) >= 11 is -0.269. The van der Waals surface area contributed by atoms with Gasteiger partial charge in [0.1, 0.15) is 57.6 Å². The van der Waals surface area contributed by atoms with Gasteiger partial charge in [0.15, 0.2) is 7.14 Å². The lowest BCUT2D eigenvalue weighted by molar-refractivity contribution is -0.597. The van der Waals surface area contributed by atoms with Crippen molar-refractivity contribution in [1.29, 1.82) is 0 Å². The zero-order chi connectivity index (χ0) is 86.1. The Morgan fingerprint density at radius 1 is 0.403 bits per heavy atom. The summed E-state index contributed by atoms with van der Waals surface area (Å²) in [5, 5.41) is 8.75. The van der Waals surface area contributed by atoms with Crippen molar-refractivity contribution in [2.24, 2.45) is 5.41 Å². The molecular formula is C96H130BIN4O17. The average molecular weight is 1750 g/mol. The maximum Gasteiger partial charge on any atom is 0.407 e. The minimum absolute atomic E-state index is 0.00792. The van der Waals surface area contributed by atoms with Gasteiger partial charge in [0.05, 0.1) is 12.0 Å². The molecule has 0 aliphatic heterocycles. The van der Waals surface area contributed by atoms with Crippen molar-refractivity contribution in [2.45, 2.75) is 200 Å². The van der Waals surface area contributed by atoms with Crippen LogP contribution in [0.5, 0.6) is 5.75 Å². The smallest absolute Gasteiger partial charge is 0.407 e. The van der Waals surface area contributed by atoms with Gasteiger partial charge in [-0.15, -0.1) is 0 Å². The average Bonchev–Trinajstić information content (AvgIpc) is 0.738. The normalized spacial score (nSPS) is 11.0. The van der Waals surface area contributed by atoms with E-state index in [0.717, 1.165) is 126 Å². The van der Waals surface area contributed by atoms with Crippen LogP contribution in [0.3, 0.4) is 0 Å². The third kappa shape index (κ3) is 44.4. The van der Waals surface area contributed by atoms with Crippen LogP contribution < -0.4 is 63.7 Å². The van der Waals surface area contributed by atoms with Gasteiger partial charge in [0, 0.05) is 63.3 Å². The van der Waals surface area contributed by atoms with Crippen molar-refractivity contribution in [3.8, 4) is 5.75 Å². The molecule has 0 bridgehead atoms. The number of hydrogen-bond acceptors (Lipinski definition) is 17. The van der Waals surface area contributed by atoms with Gasteiger partial charge < -0.3 is 53.8 Å². The molecule has 0 radical (unpaired) electrons. The quantitative estimate of drug-likeness (QED) is 0.00800. The fourth-order valence-electron chi connectivity index (χ4n) is 13.1. The Hall–Kier alpha value is -10.3. The first-order valence-electron chi connectivity index (χ1n) is 42.5. The zero-order valence-electron chi connectivity index (χ0n) is 70.7. The Balaban J connectivity index is 0.000000526. The largest absolute Gasteiger partial charge is 0.490 e. The molecule has 0 saturated carbocycles. The molecule has 5 amide bonds. The maximum atomic E-state index is 13.3. The molecule has 0 spiro atoms. The molecule has 646 valence electrons. The molecule has 119 heavy (non-hydrogen) atoms. The lowest BCUT2D eigenvalue weighted by Gasteiger charge is -2.44. The minimum Gasteiger partial charge on any atom is -0.490 e. The van der Waals surface area contributed by atoms with E-state index in [2.05, 4.69) is 207 Å². The third-order valence-corrected chi connectivity index (χ3v) is 22.2. The predicted molar refractivity (Wildman–Crippen MR) is 468 cm³/mol. The number of rotatable bonds is 58. The van der Waals surface area contributed by atoms with Crippen LogP contribution >= 0.6 is 0 Å². The van der Waals surface area contributed by atoms with Gasteiger partial charge in [-0.3, -0.25) is 9.59 Å². The summed E-state index contributed by atoms with van der Waals surface area (Å²) in [7, 11) is 0. The number of nitrogens with one attached hydrogen (secondary N) is 3. The van der Waals surface area contributed by atoms with E-state index in [-0.39, 0.29) is 91.9 Å². The lowest BCUT2D eigenvalue weighted by Crippen LogP contribution is -3.61. The number of hydrogen-bond donors (Lipinski definition) is 3. The molecule has 1 unspecified atom stereocenters. The second-order valence-electron chi connectivity index (χ2n) is 29.3. The summed E-state index contributed by atoms with van der Waals surface area (Å²) in [6, 6.07) is 61.4. The van der Waals surface area contributed by atoms with E-state index >= 15 is 0 Å². The number of amides is 5. The van der Waals surface area contributed by atoms with E-state index < -0.39 is 53.6 Å². The van der Waals surface area contributed by atoms with Crippen molar-refractivity contribution >= 4 is 82.0 Å². The monoisotopic (exact) mass is 1750 g/mol. The zero-order valence-corrected chi connectivity index (χ0v) is 72.8. The molecule has 6 aromatic rings. The van der Waals surface area contributed by atoms with Crippen molar-refractivity contribution in [3.05, 3.63) is 234 Å². The van der Waals surface area contributed by atoms with Crippen LogP contribution in [-0.4, -0.2) is 144 Å². The first-order chi connectivity index (χ1) is 57.9. The van der Waals surface area contributed by atoms with Crippen LogP contribution in [-0.2, 0) is 61.9 Å². The lowest BCUT2D eigenvalue weighted by atomic mass is 9.13. The molecule has 0 aliphatic rings. The highest BCUT2D eigenvalue weighted by Gasteiger charge is 2.32. The SMILES string of the molecule is C=CC(=O)OCC(C)(COC(=O)C=C)COC(=O)C=C.C=CC(=O)OCCOC(=O)CCCCCCCNC(=O)N(CCCCCCNC(=O)OC(CCCCCCCCCCCC)COc1ccc([I+]c2ccccc2)cc1)C(=O)NCCCCCCCC(=O)OCC.c1ccc([B-](c2ccccc2)(c2ccccc2)c2ccccc2)cc1. The number of alkyl carbamates (subject to hydrolysis) is 1. The van der Waals surface area contributed by atoms with Crippen molar-refractivity contribution in [1.82, 2.24) is 20.9 Å². The van der Waals surface area contributed by atoms with Gasteiger partial charge in [-0.25, -0.2) is 38.5 Å². The summed E-state index contributed by atoms with van der Waals surface area (Å²) < 4.78 is 44.3. The van der Waals surface area contributed by atoms with E-state index in [1.54, 1.807) is 13.8 Å². The molecule has 23 heteroatoms. The number of halogens is 1. The Labute approximate surface area is 718 Å². The highest BCUT2D eigenvalue weighted by atomic mass is 127. The fourth-order valence-corrected chi connectivity index (χ4v) is 15.3. The Morgan fingerprint density at radius 2 is 0.756 bits per heavy atom. The molecular weight excluding hydrogens is 1620 g/mol. The van der Waals surface area contributed by atoms with Crippen molar-refractivity contribution < 1.29 is 102 Å². The number of esters is 6. The van der Waals surface area contributed by atoms with Crippen LogP contribution in [0.15, 0.2) is 227 Å². The molecule has 3 N–H and O–H groups in total. The Morgan fingerprint density at radius 3 is 1.18 bits per heavy atom. The molecule has 6 aromatic carbocycles. The standard InChI is InChI=1S/C58H91IN4O11.C24H20B.C14H18O6/c1-4-7-8-9-10-11-12-13-16-26-35-52(48-73-51-40-38-50(39-41-51)59-49-33-24-23-25-34-49)74-58(69)62-44-31-21-22-32-45-63(56(67)60-42-29-19-14-17-27-36-54(65)70-6-3)57(68)61-43-30-20-15-18-28-37-55(66)72-47-46-71-53(64)5-2;1-5-13-21(14-6-1)25(22-15-7-2-8-16-22,23-17-9-3-10-18-23)24-19-11-4-12-20-24;1-5-11(15)18-8-14(4,9-19-12(16)6-2)10-20-13(17)7-3/h5,23-25,33-34,38-41,52H,2,4,6-22,26-32,35-37,42-48H2,1,3H3,(H2-,60,61,62,67,68,69);1-20H;5-7H,1-3,8-10H2,4H3/q;-1;/p+1. The molecule has 0 fully saturated rings. The van der Waals surface area contributed by atoms with Crippen LogP contribution in [0.25, 0.3) is 0 Å². The molecule has 1 atom stereocenters. The van der Waals surface area contributed by atoms with Crippen molar-refractivity contribution in [2.75, 3.05) is 72.4 Å². The predicted octanol–water partition coefficient (Wildman–Crippen LogP) is 13.6. The number of benzene rings is 6. The Bertz CT molecular complexity index is 3640. The van der Waals surface area contributed by atoms with Crippen LogP contribution in [0, 0.1) is 12.6 Å². The topological polar surface area (TPSA) is 267 Å². The highest BCUT2D eigenvalue weighted by Crippen LogP contribution is 2.21. The summed E-state index contributed by atoms with van der Waals surface area (Å²) in [4.78, 5) is 109. The second kappa shape index (κ2) is 63.7. The summed E-state index contributed by atoms with van der Waals surface area (Å²) in [6.45, 7) is 20.7. The number of urea groups is 2. The first kappa shape index (κ1) is 101. The van der Waals surface area contributed by atoms with E-state index in [9.17, 15) is 43.2 Å². The van der Waals surface area contributed by atoms with Gasteiger partial charge in [-0.1, -0.05) is 282 Å². The van der Waals surface area contributed by atoms with E-state index in [4.69, 9.17) is 37.9 Å². The van der Waals surface area contributed by atoms with Crippen LogP contribution in [0.2, 0.25) is 0 Å². The summed E-state index contributed by atoms with van der Waals surface area (Å²) in [5.74, 6) is -2.19. The summed E-state index contributed by atoms with van der Waals surface area (Å²) in [6.07, 6.45) is 26.9. The van der Waals surface area contributed by atoms with E-state index in [1.165, 1.54) is 85.3 Å². The summed E-state index contributed by atoms with van der Waals surface area (Å²) in [5.41, 5.74) is 4.48. The third-order valence-electron chi connectivity index (χ3n) is 19.5. The number of imide groups is 1. The van der Waals surface area contributed by atoms with E-state index in [1.807, 2.05) is 18.2 Å². The molecule has 21 nitrogen and oxygen atoms in total. The molecule has 6 rings (SSSR count). The van der Waals surface area contributed by atoms with Gasteiger partial charge in [-0.05, 0) is 102 Å². The number of carbonyl (C=O) groups excluding carboxylic acids is 9. The number of nitrogens with zero attached hydrogens (tertiary/aromatic N) is 1. The number of unbranched alkanes of at least 4 members (excludes halogenated alkanes) is 20. The number of carbonyl (C=O) groups is 9. The van der Waals surface area contributed by atoms with Crippen molar-refractivity contribution in [3.63, 3.8) is 0 Å². The maximum absolute atomic E-state index is 13.3. The van der Waals surface area contributed by atoms with Gasteiger partial charge >= 0.3 is 75.2 Å². The number of ether oxygens (including phenoxy) is 8. The van der Waals surface area contributed by atoms with Crippen LogP contribution in [0.4, 0.5) is 14.4 Å².